The van der Waals surface area contributed by atoms with Gasteiger partial charge in [0.15, 0.2) is 0 Å². The topological polar surface area (TPSA) is 146 Å². The molecule has 10 heteroatoms. The SMILES string of the molecule is C=C(C)C(=O)OC(OC(=O)CCCCC(=O)OC(OC(=O)C(=C)C)C(C)O)C(C)O. The van der Waals surface area contributed by atoms with Crippen molar-refractivity contribution in [2.75, 3.05) is 0 Å². The molecule has 0 saturated heterocycles. The molecule has 0 aliphatic carbocycles. The average molecular weight is 430 g/mol. The Morgan fingerprint density at radius 3 is 1.23 bits per heavy atom. The van der Waals surface area contributed by atoms with Gasteiger partial charge in [-0.2, -0.15) is 0 Å². The van der Waals surface area contributed by atoms with Gasteiger partial charge in [0, 0.05) is 24.0 Å². The minimum Gasteiger partial charge on any atom is -0.422 e. The first kappa shape index (κ1) is 27.3. The van der Waals surface area contributed by atoms with Gasteiger partial charge in [0.05, 0.1) is 0 Å². The van der Waals surface area contributed by atoms with Crippen molar-refractivity contribution in [2.24, 2.45) is 0 Å². The lowest BCUT2D eigenvalue weighted by Crippen LogP contribution is -2.34. The number of carbonyl (C=O) groups excluding carboxylic acids is 4. The van der Waals surface area contributed by atoms with E-state index in [2.05, 4.69) is 13.2 Å². The van der Waals surface area contributed by atoms with Crippen molar-refractivity contribution in [1.82, 2.24) is 0 Å². The van der Waals surface area contributed by atoms with Gasteiger partial charge >= 0.3 is 23.9 Å². The summed E-state index contributed by atoms with van der Waals surface area (Å²) in [6, 6.07) is 0. The Balaban J connectivity index is 4.38. The third-order valence-corrected chi connectivity index (χ3v) is 3.44. The number of ether oxygens (including phenoxy) is 4. The molecule has 0 spiro atoms. The normalized spacial score (nSPS) is 14.5. The van der Waals surface area contributed by atoms with Crippen LogP contribution in [0.1, 0.15) is 53.4 Å². The largest absolute Gasteiger partial charge is 0.422 e. The lowest BCUT2D eigenvalue weighted by Gasteiger charge is -2.21. The van der Waals surface area contributed by atoms with E-state index in [0.717, 1.165) is 0 Å². The van der Waals surface area contributed by atoms with Gasteiger partial charge in [0.2, 0.25) is 0 Å². The van der Waals surface area contributed by atoms with Crippen LogP contribution in [0.25, 0.3) is 0 Å². The second-order valence-electron chi connectivity index (χ2n) is 6.78. The lowest BCUT2D eigenvalue weighted by atomic mass is 10.2. The number of carbonyl (C=O) groups is 4. The fraction of sp³-hybridized carbons (Fsp3) is 0.600. The monoisotopic (exact) mass is 430 g/mol. The van der Waals surface area contributed by atoms with Gasteiger partial charge in [-0.05, 0) is 40.5 Å². The molecular formula is C20H30O10. The number of rotatable bonds is 13. The van der Waals surface area contributed by atoms with E-state index in [1.165, 1.54) is 27.7 Å². The van der Waals surface area contributed by atoms with Crippen LogP contribution in [0.3, 0.4) is 0 Å². The van der Waals surface area contributed by atoms with Crippen molar-refractivity contribution < 1.29 is 48.3 Å². The molecule has 0 aromatic carbocycles. The van der Waals surface area contributed by atoms with Crippen LogP contribution in [0.4, 0.5) is 0 Å². The molecule has 0 aliphatic heterocycles. The number of unbranched alkanes of at least 4 members (excludes halogenated alkanes) is 1. The molecule has 0 saturated carbocycles. The zero-order chi connectivity index (χ0) is 23.4. The molecule has 0 fully saturated rings. The third-order valence-electron chi connectivity index (χ3n) is 3.44. The molecule has 10 nitrogen and oxygen atoms in total. The van der Waals surface area contributed by atoms with Crippen LogP contribution in [-0.4, -0.2) is 58.9 Å². The van der Waals surface area contributed by atoms with Crippen LogP contribution in [0.5, 0.6) is 0 Å². The average Bonchev–Trinajstić information content (AvgIpc) is 2.63. The Bertz CT molecular complexity index is 594. The van der Waals surface area contributed by atoms with Gasteiger partial charge in [0.1, 0.15) is 12.2 Å². The van der Waals surface area contributed by atoms with Gasteiger partial charge in [-0.15, -0.1) is 0 Å². The molecule has 0 aliphatic rings. The molecule has 4 unspecified atom stereocenters. The van der Waals surface area contributed by atoms with E-state index < -0.39 is 48.7 Å². The zero-order valence-corrected chi connectivity index (χ0v) is 17.7. The van der Waals surface area contributed by atoms with E-state index in [1.807, 2.05) is 0 Å². The van der Waals surface area contributed by atoms with E-state index >= 15 is 0 Å². The molecular weight excluding hydrogens is 400 g/mol. The highest BCUT2D eigenvalue weighted by Gasteiger charge is 2.25. The molecule has 0 aromatic rings. The standard InChI is InChI=1S/C20H30O10/c1-11(2)17(25)29-19(13(5)21)27-15(23)9-7-8-10-16(24)28-20(14(6)22)30-18(26)12(3)4/h13-14,19-22H,1,3,7-10H2,2,4-6H3. The molecule has 0 heterocycles. The Labute approximate surface area is 175 Å². The quantitative estimate of drug-likeness (QED) is 0.190. The van der Waals surface area contributed by atoms with Gasteiger partial charge in [0.25, 0.3) is 12.6 Å². The lowest BCUT2D eigenvalue weighted by molar-refractivity contribution is -0.204. The van der Waals surface area contributed by atoms with Crippen LogP contribution >= 0.6 is 0 Å². The zero-order valence-electron chi connectivity index (χ0n) is 17.7. The molecule has 0 aromatic heterocycles. The van der Waals surface area contributed by atoms with Crippen molar-refractivity contribution in [3.8, 4) is 0 Å². The predicted octanol–water partition coefficient (Wildman–Crippen LogP) is 1.29. The van der Waals surface area contributed by atoms with Gasteiger partial charge in [-0.25, -0.2) is 9.59 Å². The Hall–Kier alpha value is -2.72. The molecule has 30 heavy (non-hydrogen) atoms. The summed E-state index contributed by atoms with van der Waals surface area (Å²) in [6.07, 6.45) is -5.17. The summed E-state index contributed by atoms with van der Waals surface area (Å²) in [7, 11) is 0. The van der Waals surface area contributed by atoms with Crippen LogP contribution in [-0.2, 0) is 38.1 Å². The summed E-state index contributed by atoms with van der Waals surface area (Å²) in [6.45, 7) is 12.2. The Morgan fingerprint density at radius 1 is 0.700 bits per heavy atom. The number of aliphatic hydroxyl groups excluding tert-OH is 2. The second-order valence-corrected chi connectivity index (χ2v) is 6.78. The summed E-state index contributed by atoms with van der Waals surface area (Å²) in [5.74, 6) is -3.09. The summed E-state index contributed by atoms with van der Waals surface area (Å²) in [5.41, 5.74) is 0.166. The van der Waals surface area contributed by atoms with E-state index in [0.29, 0.717) is 0 Å². The maximum absolute atomic E-state index is 11.8. The smallest absolute Gasteiger partial charge is 0.336 e. The van der Waals surface area contributed by atoms with Crippen molar-refractivity contribution >= 4 is 23.9 Å². The number of hydrogen-bond donors (Lipinski definition) is 2. The minimum atomic E-state index is -1.47. The minimum absolute atomic E-state index is 0.0830. The maximum Gasteiger partial charge on any atom is 0.336 e. The first-order valence-corrected chi connectivity index (χ1v) is 9.33. The fourth-order valence-corrected chi connectivity index (χ4v) is 1.77. The van der Waals surface area contributed by atoms with Crippen molar-refractivity contribution in [2.45, 2.75) is 78.2 Å². The first-order valence-electron chi connectivity index (χ1n) is 9.33. The molecule has 170 valence electrons. The van der Waals surface area contributed by atoms with Crippen LogP contribution in [0, 0.1) is 0 Å². The molecule has 0 amide bonds. The fourth-order valence-electron chi connectivity index (χ4n) is 1.77. The van der Waals surface area contributed by atoms with Crippen LogP contribution in [0.2, 0.25) is 0 Å². The number of hydrogen-bond acceptors (Lipinski definition) is 10. The molecule has 0 radical (unpaired) electrons. The van der Waals surface area contributed by atoms with Crippen LogP contribution in [0.15, 0.2) is 24.3 Å². The highest BCUT2D eigenvalue weighted by atomic mass is 16.7. The van der Waals surface area contributed by atoms with Gasteiger partial charge in [-0.1, -0.05) is 13.2 Å². The highest BCUT2D eigenvalue weighted by Crippen LogP contribution is 2.11. The van der Waals surface area contributed by atoms with Gasteiger partial charge < -0.3 is 29.2 Å². The summed E-state index contributed by atoms with van der Waals surface area (Å²) in [4.78, 5) is 46.7. The van der Waals surface area contributed by atoms with E-state index in [1.54, 1.807) is 0 Å². The summed E-state index contributed by atoms with van der Waals surface area (Å²) >= 11 is 0. The predicted molar refractivity (Wildman–Crippen MR) is 103 cm³/mol. The van der Waals surface area contributed by atoms with Crippen molar-refractivity contribution in [3.63, 3.8) is 0 Å². The molecule has 2 N–H and O–H groups in total. The van der Waals surface area contributed by atoms with E-state index in [9.17, 15) is 29.4 Å². The summed E-state index contributed by atoms with van der Waals surface area (Å²) in [5, 5.41) is 19.1. The van der Waals surface area contributed by atoms with Crippen LogP contribution < -0.4 is 0 Å². The van der Waals surface area contributed by atoms with Gasteiger partial charge in [-0.3, -0.25) is 9.59 Å². The van der Waals surface area contributed by atoms with E-state index in [-0.39, 0.29) is 36.8 Å². The van der Waals surface area contributed by atoms with E-state index in [4.69, 9.17) is 18.9 Å². The summed E-state index contributed by atoms with van der Waals surface area (Å²) < 4.78 is 19.5. The maximum atomic E-state index is 11.8. The number of esters is 4. The number of aliphatic hydroxyl groups is 2. The third kappa shape index (κ3) is 11.3. The van der Waals surface area contributed by atoms with Crippen molar-refractivity contribution in [1.29, 1.82) is 0 Å². The van der Waals surface area contributed by atoms with Crippen molar-refractivity contribution in [3.05, 3.63) is 24.3 Å². The molecule has 0 bridgehead atoms. The highest BCUT2D eigenvalue weighted by molar-refractivity contribution is 5.87. The molecule has 4 atom stereocenters. The Morgan fingerprint density at radius 2 is 1.00 bits per heavy atom. The first-order chi connectivity index (χ1) is 13.8. The Kier molecular flexibility index (Phi) is 12.3. The molecule has 0 rings (SSSR count). The second kappa shape index (κ2) is 13.5.